The summed E-state index contributed by atoms with van der Waals surface area (Å²) in [6.07, 6.45) is 0.464. The van der Waals surface area contributed by atoms with Crippen LogP contribution in [0.4, 0.5) is 0 Å². The highest BCUT2D eigenvalue weighted by atomic mass is 16.6. The van der Waals surface area contributed by atoms with Gasteiger partial charge in [0, 0.05) is 22.1 Å². The smallest absolute Gasteiger partial charge is 0.147 e. The third-order valence-electron chi connectivity index (χ3n) is 8.41. The molecule has 0 amide bonds. The van der Waals surface area contributed by atoms with Gasteiger partial charge in [0.05, 0.1) is 25.2 Å². The molecular weight excluding hydrogens is 556 g/mol. The van der Waals surface area contributed by atoms with Gasteiger partial charge in [0.15, 0.2) is 0 Å². The minimum Gasteiger partial charge on any atom is -0.491 e. The maximum absolute atomic E-state index is 7.01. The first kappa shape index (κ1) is 25.9. The zero-order chi connectivity index (χ0) is 29.0. The van der Waals surface area contributed by atoms with E-state index >= 15 is 0 Å². The standard InChI is InChI=1S/C37H30O7/c1-2-7-29-27(6-1)28-9-5-11-32(43-21-26-19-41-26)33(28)37-34(29)35(30-8-3-4-10-31(30)42-20-25-18-40-25)36(44-37)22-12-14-23(15-13-22)38-16-24-17-39-24/h1-15,24-26H,16-21H2. The number of rotatable bonds is 11. The molecule has 3 fully saturated rings. The first-order chi connectivity index (χ1) is 21.8. The number of ether oxygens (including phenoxy) is 6. The van der Waals surface area contributed by atoms with E-state index in [1.54, 1.807) is 0 Å². The fraction of sp³-hybridized carbons (Fsp3) is 0.243. The summed E-state index contributed by atoms with van der Waals surface area (Å²) in [4.78, 5) is 0. The van der Waals surface area contributed by atoms with Crippen molar-refractivity contribution >= 4 is 32.5 Å². The van der Waals surface area contributed by atoms with E-state index in [1.807, 2.05) is 42.5 Å². The third kappa shape index (κ3) is 4.83. The molecule has 3 aliphatic heterocycles. The Kier molecular flexibility index (Phi) is 6.21. The van der Waals surface area contributed by atoms with Gasteiger partial charge in [0.25, 0.3) is 0 Å². The maximum atomic E-state index is 7.01. The Morgan fingerprint density at radius 3 is 1.84 bits per heavy atom. The van der Waals surface area contributed by atoms with Crippen molar-refractivity contribution in [2.24, 2.45) is 0 Å². The summed E-state index contributed by atoms with van der Waals surface area (Å²) in [7, 11) is 0. The summed E-state index contributed by atoms with van der Waals surface area (Å²) in [6.45, 7) is 3.78. The van der Waals surface area contributed by atoms with Gasteiger partial charge in [-0.15, -0.1) is 0 Å². The molecule has 3 aliphatic rings. The second-order valence-corrected chi connectivity index (χ2v) is 11.6. The number of benzene rings is 5. The summed E-state index contributed by atoms with van der Waals surface area (Å²) in [6, 6.07) is 31.0. The molecule has 0 N–H and O–H groups in total. The molecular formula is C37H30O7. The van der Waals surface area contributed by atoms with Crippen LogP contribution in [0.3, 0.4) is 0 Å². The van der Waals surface area contributed by atoms with E-state index in [-0.39, 0.29) is 18.3 Å². The van der Waals surface area contributed by atoms with Crippen LogP contribution in [0.2, 0.25) is 0 Å². The Hall–Kier alpha value is -4.56. The van der Waals surface area contributed by atoms with E-state index in [9.17, 15) is 0 Å². The van der Waals surface area contributed by atoms with Crippen molar-refractivity contribution in [3.8, 4) is 39.7 Å². The van der Waals surface area contributed by atoms with Crippen LogP contribution in [0, 0.1) is 0 Å². The molecule has 0 saturated carbocycles. The SMILES string of the molecule is c1ccc(-c2c(-c3ccc(OCC4CO4)cc3)oc3c4c(OCC5CO5)cccc4c4ccccc4c23)c(OCC2CO2)c1. The lowest BCUT2D eigenvalue weighted by molar-refractivity contribution is 0.263. The zero-order valence-corrected chi connectivity index (χ0v) is 24.0. The van der Waals surface area contributed by atoms with E-state index in [4.69, 9.17) is 32.8 Å². The summed E-state index contributed by atoms with van der Waals surface area (Å²) >= 11 is 0. The number of fused-ring (bicyclic) bond motifs is 6. The van der Waals surface area contributed by atoms with Gasteiger partial charge in [-0.1, -0.05) is 54.6 Å². The van der Waals surface area contributed by atoms with Gasteiger partial charge < -0.3 is 32.8 Å². The van der Waals surface area contributed by atoms with E-state index in [0.717, 1.165) is 92.0 Å². The van der Waals surface area contributed by atoms with Crippen molar-refractivity contribution in [1.29, 1.82) is 0 Å². The van der Waals surface area contributed by atoms with Crippen molar-refractivity contribution < 1.29 is 32.8 Å². The van der Waals surface area contributed by atoms with Crippen LogP contribution >= 0.6 is 0 Å². The molecule has 9 rings (SSSR count). The Bertz CT molecular complexity index is 2000. The molecule has 3 saturated heterocycles. The number of hydrogen-bond donors (Lipinski definition) is 0. The highest BCUT2D eigenvalue weighted by Crippen LogP contribution is 2.51. The molecule has 220 valence electrons. The molecule has 6 aromatic rings. The van der Waals surface area contributed by atoms with Crippen LogP contribution < -0.4 is 14.2 Å². The molecule has 0 aliphatic carbocycles. The molecule has 7 heteroatoms. The first-order valence-electron chi connectivity index (χ1n) is 15.1. The average molecular weight is 587 g/mol. The molecule has 5 aromatic carbocycles. The first-order valence-corrected chi connectivity index (χ1v) is 15.1. The fourth-order valence-corrected chi connectivity index (χ4v) is 5.92. The van der Waals surface area contributed by atoms with Crippen molar-refractivity contribution in [1.82, 2.24) is 0 Å². The molecule has 0 bridgehead atoms. The van der Waals surface area contributed by atoms with E-state index in [2.05, 4.69) is 48.5 Å². The van der Waals surface area contributed by atoms with Crippen molar-refractivity contribution in [2.45, 2.75) is 18.3 Å². The van der Waals surface area contributed by atoms with Crippen LogP contribution in [0.15, 0.2) is 95.4 Å². The number of para-hydroxylation sites is 1. The normalized spacial score (nSPS) is 20.2. The number of epoxide rings is 3. The third-order valence-corrected chi connectivity index (χ3v) is 8.41. The lowest BCUT2D eigenvalue weighted by atomic mass is 9.92. The van der Waals surface area contributed by atoms with Gasteiger partial charge in [-0.3, -0.25) is 0 Å². The molecule has 7 nitrogen and oxygen atoms in total. The minimum absolute atomic E-state index is 0.135. The second kappa shape index (κ2) is 10.6. The Morgan fingerprint density at radius 1 is 0.545 bits per heavy atom. The topological polar surface area (TPSA) is 78.4 Å². The van der Waals surface area contributed by atoms with E-state index in [1.165, 1.54) is 0 Å². The Balaban J connectivity index is 1.30. The predicted octanol–water partition coefficient (Wildman–Crippen LogP) is 7.41. The fourth-order valence-electron chi connectivity index (χ4n) is 5.92. The molecule has 0 spiro atoms. The summed E-state index contributed by atoms with van der Waals surface area (Å²) in [5, 5.41) is 5.28. The average Bonchev–Trinajstić information content (AvgIpc) is 3.94. The van der Waals surface area contributed by atoms with Gasteiger partial charge in [0.1, 0.15) is 66.7 Å². The van der Waals surface area contributed by atoms with E-state index in [0.29, 0.717) is 19.8 Å². The van der Waals surface area contributed by atoms with Crippen LogP contribution in [-0.4, -0.2) is 58.0 Å². The van der Waals surface area contributed by atoms with Crippen molar-refractivity contribution in [3.05, 3.63) is 91.0 Å². The second-order valence-electron chi connectivity index (χ2n) is 11.6. The quantitative estimate of drug-likeness (QED) is 0.116. The lowest BCUT2D eigenvalue weighted by Gasteiger charge is -2.14. The van der Waals surface area contributed by atoms with Gasteiger partial charge in [-0.2, -0.15) is 0 Å². The molecule has 0 radical (unpaired) electrons. The molecule has 44 heavy (non-hydrogen) atoms. The highest BCUT2D eigenvalue weighted by Gasteiger charge is 2.29. The summed E-state index contributed by atoms with van der Waals surface area (Å²) < 4.78 is 41.9. The summed E-state index contributed by atoms with van der Waals surface area (Å²) in [5.41, 5.74) is 3.66. The molecule has 4 heterocycles. The van der Waals surface area contributed by atoms with Crippen LogP contribution in [-0.2, 0) is 14.2 Å². The predicted molar refractivity (Wildman–Crippen MR) is 168 cm³/mol. The maximum Gasteiger partial charge on any atom is 0.147 e. The summed E-state index contributed by atoms with van der Waals surface area (Å²) in [5.74, 6) is 3.12. The molecule has 1 aromatic heterocycles. The lowest BCUT2D eigenvalue weighted by Crippen LogP contribution is -2.05. The van der Waals surface area contributed by atoms with Crippen molar-refractivity contribution in [2.75, 3.05) is 39.6 Å². The molecule has 3 atom stereocenters. The minimum atomic E-state index is 0.135. The van der Waals surface area contributed by atoms with Crippen LogP contribution in [0.5, 0.6) is 17.2 Å². The van der Waals surface area contributed by atoms with E-state index < -0.39 is 0 Å². The van der Waals surface area contributed by atoms with Crippen LogP contribution in [0.25, 0.3) is 55.0 Å². The Morgan fingerprint density at radius 2 is 1.11 bits per heavy atom. The molecule has 3 unspecified atom stereocenters. The highest BCUT2D eigenvalue weighted by molar-refractivity contribution is 6.29. The van der Waals surface area contributed by atoms with Gasteiger partial charge in [-0.05, 0) is 52.6 Å². The van der Waals surface area contributed by atoms with Crippen LogP contribution in [0.1, 0.15) is 0 Å². The zero-order valence-electron chi connectivity index (χ0n) is 24.0. The largest absolute Gasteiger partial charge is 0.491 e. The Labute approximate surface area is 253 Å². The number of hydrogen-bond acceptors (Lipinski definition) is 7. The number of furan rings is 1. The van der Waals surface area contributed by atoms with Gasteiger partial charge >= 0.3 is 0 Å². The monoisotopic (exact) mass is 586 g/mol. The van der Waals surface area contributed by atoms with Gasteiger partial charge in [-0.25, -0.2) is 0 Å². The van der Waals surface area contributed by atoms with Gasteiger partial charge in [0.2, 0.25) is 0 Å². The van der Waals surface area contributed by atoms with Crippen molar-refractivity contribution in [3.63, 3.8) is 0 Å².